The molecular weight excluding hydrogens is 214 g/mol. The number of hydrogen-bond donors (Lipinski definition) is 1. The number of nitrogens with one attached hydrogen (secondary N) is 1. The SMILES string of the molecule is CNC1(C)CCN(c2nccc(C#N)n2)CC1. The number of rotatable bonds is 2. The molecule has 0 unspecified atom stereocenters. The van der Waals surface area contributed by atoms with Gasteiger partial charge in [-0.3, -0.25) is 0 Å². The second kappa shape index (κ2) is 4.68. The molecule has 5 heteroatoms. The standard InChI is InChI=1S/C12H17N5/c1-12(14-2)4-7-17(8-5-12)11-15-6-3-10(9-13)16-11/h3,6,14H,4-5,7-8H2,1-2H3. The van der Waals surface area contributed by atoms with E-state index < -0.39 is 0 Å². The van der Waals surface area contributed by atoms with Crippen LogP contribution in [0.15, 0.2) is 12.3 Å². The molecule has 1 saturated heterocycles. The van der Waals surface area contributed by atoms with Gasteiger partial charge >= 0.3 is 0 Å². The Hall–Kier alpha value is -1.67. The number of hydrogen-bond acceptors (Lipinski definition) is 5. The molecule has 5 nitrogen and oxygen atoms in total. The lowest BCUT2D eigenvalue weighted by Gasteiger charge is -2.39. The maximum atomic E-state index is 8.81. The number of anilines is 1. The molecule has 0 aromatic carbocycles. The number of piperidine rings is 1. The predicted octanol–water partition coefficient (Wildman–Crippen LogP) is 0.927. The van der Waals surface area contributed by atoms with Gasteiger partial charge < -0.3 is 10.2 Å². The van der Waals surface area contributed by atoms with Crippen molar-refractivity contribution in [3.63, 3.8) is 0 Å². The van der Waals surface area contributed by atoms with E-state index in [1.807, 2.05) is 13.1 Å². The average molecular weight is 231 g/mol. The Balaban J connectivity index is 2.08. The third-order valence-electron chi connectivity index (χ3n) is 3.51. The maximum absolute atomic E-state index is 8.81. The molecule has 0 amide bonds. The average Bonchev–Trinajstić information content (AvgIpc) is 2.40. The van der Waals surface area contributed by atoms with Crippen LogP contribution < -0.4 is 10.2 Å². The number of nitrogens with zero attached hydrogens (tertiary/aromatic N) is 4. The minimum absolute atomic E-state index is 0.212. The fraction of sp³-hybridized carbons (Fsp3) is 0.583. The van der Waals surface area contributed by atoms with Gasteiger partial charge in [-0.15, -0.1) is 0 Å². The first-order chi connectivity index (χ1) is 8.17. The first kappa shape index (κ1) is 11.8. The first-order valence-electron chi connectivity index (χ1n) is 5.84. The minimum Gasteiger partial charge on any atom is -0.341 e. The van der Waals surface area contributed by atoms with Crippen LogP contribution in [0.25, 0.3) is 0 Å². The van der Waals surface area contributed by atoms with Gasteiger partial charge in [-0.25, -0.2) is 9.97 Å². The summed E-state index contributed by atoms with van der Waals surface area (Å²) in [5, 5.41) is 12.2. The van der Waals surface area contributed by atoms with Crippen molar-refractivity contribution in [2.75, 3.05) is 25.0 Å². The molecule has 2 heterocycles. The van der Waals surface area contributed by atoms with E-state index in [4.69, 9.17) is 5.26 Å². The summed E-state index contributed by atoms with van der Waals surface area (Å²) in [5.74, 6) is 0.669. The van der Waals surface area contributed by atoms with Crippen LogP contribution in [-0.4, -0.2) is 35.6 Å². The smallest absolute Gasteiger partial charge is 0.226 e. The van der Waals surface area contributed by atoms with Crippen LogP contribution in [0, 0.1) is 11.3 Å². The van der Waals surface area contributed by atoms with E-state index in [0.29, 0.717) is 11.6 Å². The summed E-state index contributed by atoms with van der Waals surface area (Å²) in [6.45, 7) is 4.08. The van der Waals surface area contributed by atoms with E-state index in [2.05, 4.69) is 27.1 Å². The molecule has 0 radical (unpaired) electrons. The summed E-state index contributed by atoms with van der Waals surface area (Å²) in [7, 11) is 2.00. The highest BCUT2D eigenvalue weighted by Crippen LogP contribution is 2.23. The van der Waals surface area contributed by atoms with Gasteiger partial charge in [0.1, 0.15) is 11.8 Å². The van der Waals surface area contributed by atoms with Crippen molar-refractivity contribution in [2.24, 2.45) is 0 Å². The predicted molar refractivity (Wildman–Crippen MR) is 65.7 cm³/mol. The quantitative estimate of drug-likeness (QED) is 0.820. The zero-order valence-corrected chi connectivity index (χ0v) is 10.3. The van der Waals surface area contributed by atoms with Gasteiger partial charge in [0.25, 0.3) is 0 Å². The summed E-state index contributed by atoms with van der Waals surface area (Å²) in [5.41, 5.74) is 0.639. The second-order valence-corrected chi connectivity index (χ2v) is 4.65. The topological polar surface area (TPSA) is 64.8 Å². The molecule has 1 aromatic rings. The fourth-order valence-corrected chi connectivity index (χ4v) is 2.01. The Bertz CT molecular complexity index is 429. The largest absolute Gasteiger partial charge is 0.341 e. The summed E-state index contributed by atoms with van der Waals surface area (Å²) in [4.78, 5) is 10.6. The van der Waals surface area contributed by atoms with E-state index in [1.54, 1.807) is 12.3 Å². The monoisotopic (exact) mass is 231 g/mol. The van der Waals surface area contributed by atoms with E-state index in [-0.39, 0.29) is 5.54 Å². The Morgan fingerprint density at radius 2 is 2.18 bits per heavy atom. The molecule has 1 aliphatic heterocycles. The zero-order chi connectivity index (χ0) is 12.3. The van der Waals surface area contributed by atoms with Crippen LogP contribution in [0.4, 0.5) is 5.95 Å². The van der Waals surface area contributed by atoms with E-state index in [0.717, 1.165) is 25.9 Å². The Kier molecular flexibility index (Phi) is 3.25. The number of aromatic nitrogens is 2. The van der Waals surface area contributed by atoms with Gasteiger partial charge in [-0.2, -0.15) is 5.26 Å². The lowest BCUT2D eigenvalue weighted by Crippen LogP contribution is -2.50. The molecule has 90 valence electrons. The van der Waals surface area contributed by atoms with E-state index in [9.17, 15) is 0 Å². The Labute approximate surface area is 101 Å². The Morgan fingerprint density at radius 1 is 1.47 bits per heavy atom. The summed E-state index contributed by atoms with van der Waals surface area (Å²) in [6.07, 6.45) is 3.76. The fourth-order valence-electron chi connectivity index (χ4n) is 2.01. The molecule has 0 atom stereocenters. The summed E-state index contributed by atoms with van der Waals surface area (Å²) in [6, 6.07) is 3.67. The lowest BCUT2D eigenvalue weighted by atomic mass is 9.90. The van der Waals surface area contributed by atoms with Crippen molar-refractivity contribution in [1.82, 2.24) is 15.3 Å². The highest BCUT2D eigenvalue weighted by atomic mass is 15.3. The minimum atomic E-state index is 0.212. The second-order valence-electron chi connectivity index (χ2n) is 4.65. The third kappa shape index (κ3) is 2.53. The van der Waals surface area contributed by atoms with Crippen LogP contribution in [0.3, 0.4) is 0 Å². The molecule has 0 saturated carbocycles. The van der Waals surface area contributed by atoms with Crippen LogP contribution >= 0.6 is 0 Å². The summed E-state index contributed by atoms with van der Waals surface area (Å²) < 4.78 is 0. The molecule has 1 aliphatic rings. The van der Waals surface area contributed by atoms with Gasteiger partial charge in [0.15, 0.2) is 0 Å². The van der Waals surface area contributed by atoms with Crippen molar-refractivity contribution < 1.29 is 0 Å². The molecule has 1 fully saturated rings. The molecular formula is C12H17N5. The highest BCUT2D eigenvalue weighted by molar-refractivity contribution is 5.34. The number of nitriles is 1. The first-order valence-corrected chi connectivity index (χ1v) is 5.84. The third-order valence-corrected chi connectivity index (χ3v) is 3.51. The van der Waals surface area contributed by atoms with Crippen LogP contribution in [0.1, 0.15) is 25.5 Å². The van der Waals surface area contributed by atoms with Crippen molar-refractivity contribution in [3.05, 3.63) is 18.0 Å². The summed E-state index contributed by atoms with van der Waals surface area (Å²) >= 11 is 0. The molecule has 0 aliphatic carbocycles. The van der Waals surface area contributed by atoms with Gasteiger partial charge in [0, 0.05) is 24.8 Å². The van der Waals surface area contributed by atoms with Gasteiger partial charge in [-0.05, 0) is 32.9 Å². The molecule has 2 rings (SSSR count). The zero-order valence-electron chi connectivity index (χ0n) is 10.3. The molecule has 1 aromatic heterocycles. The van der Waals surface area contributed by atoms with Crippen molar-refractivity contribution >= 4 is 5.95 Å². The van der Waals surface area contributed by atoms with Crippen molar-refractivity contribution in [2.45, 2.75) is 25.3 Å². The van der Waals surface area contributed by atoms with Crippen molar-refractivity contribution in [1.29, 1.82) is 5.26 Å². The maximum Gasteiger partial charge on any atom is 0.226 e. The van der Waals surface area contributed by atoms with Gasteiger partial charge in [0.05, 0.1) is 0 Å². The van der Waals surface area contributed by atoms with E-state index in [1.165, 1.54) is 0 Å². The van der Waals surface area contributed by atoms with Crippen LogP contribution in [0.5, 0.6) is 0 Å². The molecule has 17 heavy (non-hydrogen) atoms. The lowest BCUT2D eigenvalue weighted by molar-refractivity contribution is 0.303. The molecule has 0 spiro atoms. The Morgan fingerprint density at radius 3 is 2.76 bits per heavy atom. The van der Waals surface area contributed by atoms with Crippen LogP contribution in [0.2, 0.25) is 0 Å². The molecule has 0 bridgehead atoms. The normalized spacial score (nSPS) is 18.8. The molecule has 1 N–H and O–H groups in total. The van der Waals surface area contributed by atoms with Gasteiger partial charge in [0.2, 0.25) is 5.95 Å². The van der Waals surface area contributed by atoms with E-state index >= 15 is 0 Å². The van der Waals surface area contributed by atoms with Crippen molar-refractivity contribution in [3.8, 4) is 6.07 Å². The van der Waals surface area contributed by atoms with Crippen LogP contribution in [-0.2, 0) is 0 Å². The van der Waals surface area contributed by atoms with Gasteiger partial charge in [-0.1, -0.05) is 0 Å². The highest BCUT2D eigenvalue weighted by Gasteiger charge is 2.29.